The number of aliphatic hydroxyl groups excluding tert-OH is 1. The number of amides is 5. The van der Waals surface area contributed by atoms with E-state index in [2.05, 4.69) is 10.6 Å². The number of ether oxygens (including phenoxy) is 8. The summed E-state index contributed by atoms with van der Waals surface area (Å²) in [6.45, 7) is 24.0. The molecule has 0 unspecified atom stereocenters. The lowest BCUT2D eigenvalue weighted by Gasteiger charge is -2.30. The Morgan fingerprint density at radius 1 is 0.473 bits per heavy atom. The zero-order valence-corrected chi connectivity index (χ0v) is 80.0. The van der Waals surface area contributed by atoms with Crippen LogP contribution in [0.3, 0.4) is 0 Å². The lowest BCUT2D eigenvalue weighted by atomic mass is 9.84. The van der Waals surface area contributed by atoms with Gasteiger partial charge in [-0.2, -0.15) is 12.9 Å². The Morgan fingerprint density at radius 3 is 1.13 bits per heavy atom. The molecule has 3 N–H and O–H groups in total. The number of Topliss-reactive ketones (excluding diaryl/α,β-unsaturated/α-hetero) is 1. The SMILES string of the molecule is CC(=O)OCCN(C)C(=O)Oc1ccc(C[C@H](CC(=O)[C@@H]2CCCN2S(=O)(=O)c2ccc(C)cc2)CC(C)(C)OC=O)cc1.CCCC(=O)OCCN(C)C(=O)Oc1ccc(C[C@H](NC(=O)[C@@H]2CCCN2S(=O)(=O)c2ccc(C)cc2)C(=O)OC(C)(C)C)cc1.Cc1ccc(S(=O)(=O)N2CCC[C@H]2C(=O)N[C@@H](Cc2ccc(OC(=O)N(C)CCO)cc2)C(=O)OC(C)(C)C)cc1. The smallest absolute Gasteiger partial charge is 0.415 e. The van der Waals surface area contributed by atoms with Crippen LogP contribution in [0.5, 0.6) is 17.2 Å². The van der Waals surface area contributed by atoms with Crippen molar-refractivity contribution < 1.29 is 121 Å². The van der Waals surface area contributed by atoms with E-state index in [0.717, 1.165) is 22.3 Å². The van der Waals surface area contributed by atoms with E-state index in [1.54, 1.807) is 177 Å². The fourth-order valence-electron chi connectivity index (χ4n) is 14.4. The van der Waals surface area contributed by atoms with Crippen molar-refractivity contribution in [1.29, 1.82) is 0 Å². The maximum Gasteiger partial charge on any atom is 0.415 e. The molecule has 34 nitrogen and oxygen atoms in total. The third-order valence-corrected chi connectivity index (χ3v) is 26.9. The summed E-state index contributed by atoms with van der Waals surface area (Å²) in [6, 6.07) is 34.3. The van der Waals surface area contributed by atoms with Crippen molar-refractivity contribution in [3.8, 4) is 17.2 Å². The van der Waals surface area contributed by atoms with Crippen LogP contribution in [-0.4, -0.2) is 251 Å². The minimum Gasteiger partial charge on any atom is -0.464 e. The summed E-state index contributed by atoms with van der Waals surface area (Å²) in [5.41, 5.74) is 2.44. The number of nitrogens with zero attached hydrogens (tertiary/aromatic N) is 6. The van der Waals surface area contributed by atoms with Crippen molar-refractivity contribution in [2.24, 2.45) is 5.92 Å². The van der Waals surface area contributed by atoms with E-state index in [4.69, 9.17) is 43.0 Å². The van der Waals surface area contributed by atoms with Gasteiger partial charge in [-0.1, -0.05) is 96.4 Å². The number of carbonyl (C=O) groups excluding carboxylic acids is 11. The minimum atomic E-state index is -3.94. The van der Waals surface area contributed by atoms with Crippen molar-refractivity contribution >= 4 is 96.3 Å². The van der Waals surface area contributed by atoms with Crippen molar-refractivity contribution in [3.63, 3.8) is 0 Å². The maximum atomic E-state index is 13.7. The third-order valence-electron chi connectivity index (χ3n) is 21.2. The van der Waals surface area contributed by atoms with Crippen LogP contribution < -0.4 is 24.8 Å². The summed E-state index contributed by atoms with van der Waals surface area (Å²) in [6.07, 6.45) is 2.82. The molecule has 6 atom stereocenters. The molecule has 131 heavy (non-hydrogen) atoms. The quantitative estimate of drug-likeness (QED) is 0.0184. The summed E-state index contributed by atoms with van der Waals surface area (Å²) >= 11 is 0. The predicted molar refractivity (Wildman–Crippen MR) is 485 cm³/mol. The normalized spacial score (nSPS) is 16.2. The van der Waals surface area contributed by atoms with E-state index in [0.29, 0.717) is 87.6 Å². The first-order chi connectivity index (χ1) is 61.5. The van der Waals surface area contributed by atoms with E-state index in [1.165, 1.54) is 79.9 Å². The molecule has 3 aliphatic rings. The number of hydrogen-bond donors (Lipinski definition) is 3. The van der Waals surface area contributed by atoms with Gasteiger partial charge in [0, 0.05) is 79.9 Å². The number of hydrogen-bond acceptors (Lipinski definition) is 26. The Balaban J connectivity index is 0.000000269. The molecule has 6 aromatic carbocycles. The summed E-state index contributed by atoms with van der Waals surface area (Å²) < 4.78 is 126. The van der Waals surface area contributed by atoms with Crippen molar-refractivity contribution in [2.45, 2.75) is 235 Å². The van der Waals surface area contributed by atoms with Crippen LogP contribution in [0.15, 0.2) is 160 Å². The van der Waals surface area contributed by atoms with Gasteiger partial charge in [0.2, 0.25) is 41.9 Å². The molecular formula is C94H126N8O26S3. The summed E-state index contributed by atoms with van der Waals surface area (Å²) in [5, 5.41) is 14.5. The summed E-state index contributed by atoms with van der Waals surface area (Å²) in [4.78, 5) is 142. The van der Waals surface area contributed by atoms with E-state index >= 15 is 0 Å². The molecule has 0 bridgehead atoms. The highest BCUT2D eigenvalue weighted by Crippen LogP contribution is 2.35. The van der Waals surface area contributed by atoms with Crippen molar-refractivity contribution in [3.05, 3.63) is 179 Å². The van der Waals surface area contributed by atoms with Gasteiger partial charge in [-0.25, -0.2) is 49.2 Å². The molecule has 716 valence electrons. The monoisotopic (exact) mass is 1880 g/mol. The Labute approximate surface area is 768 Å². The topological polar surface area (TPSA) is 428 Å². The van der Waals surface area contributed by atoms with Gasteiger partial charge in [0.25, 0.3) is 6.47 Å². The summed E-state index contributed by atoms with van der Waals surface area (Å²) in [5.74, 6) is -2.84. The largest absolute Gasteiger partial charge is 0.464 e. The Morgan fingerprint density at radius 2 is 0.802 bits per heavy atom. The molecule has 9 rings (SSSR count). The molecule has 3 fully saturated rings. The number of ketones is 1. The predicted octanol–water partition coefficient (Wildman–Crippen LogP) is 10.9. The number of esters is 4. The number of rotatable bonds is 38. The molecule has 0 aromatic heterocycles. The van der Waals surface area contributed by atoms with E-state index < -0.39 is 125 Å². The zero-order chi connectivity index (χ0) is 96.9. The van der Waals surface area contributed by atoms with Gasteiger partial charge in [0.1, 0.15) is 71.4 Å². The minimum absolute atomic E-state index is 0.0509. The first-order valence-electron chi connectivity index (χ1n) is 43.4. The van der Waals surface area contributed by atoms with E-state index in [9.17, 15) is 78.0 Å². The molecule has 3 aliphatic heterocycles. The Bertz CT molecular complexity index is 5230. The van der Waals surface area contributed by atoms with Gasteiger partial charge in [-0.3, -0.25) is 28.8 Å². The number of sulfonamides is 3. The number of carbonyl (C=O) groups is 11. The fourth-order valence-corrected chi connectivity index (χ4v) is 19.4. The Kier molecular flexibility index (Phi) is 39.8. The lowest BCUT2D eigenvalue weighted by molar-refractivity contribution is -0.159. The molecule has 37 heteroatoms. The molecule has 0 saturated carbocycles. The van der Waals surface area contributed by atoms with Crippen LogP contribution in [0.2, 0.25) is 0 Å². The van der Waals surface area contributed by atoms with Crippen LogP contribution in [-0.2, 0) is 111 Å². The second-order valence-corrected chi connectivity index (χ2v) is 40.8. The molecule has 6 aromatic rings. The average Bonchev–Trinajstić information content (AvgIpc) is 1.70. The van der Waals surface area contributed by atoms with Crippen LogP contribution in [0.4, 0.5) is 14.4 Å². The molecule has 0 aliphatic carbocycles. The van der Waals surface area contributed by atoms with Crippen molar-refractivity contribution in [2.75, 3.05) is 80.2 Å². The van der Waals surface area contributed by atoms with Gasteiger partial charge in [-0.05, 0) is 229 Å². The zero-order valence-electron chi connectivity index (χ0n) is 77.5. The highest BCUT2D eigenvalue weighted by atomic mass is 32.2. The molecular weight excluding hydrogens is 1750 g/mol. The first-order valence-corrected chi connectivity index (χ1v) is 47.8. The molecule has 3 heterocycles. The van der Waals surface area contributed by atoms with Gasteiger partial charge in [0.15, 0.2) is 5.78 Å². The fraction of sp³-hybridized carbons (Fsp3) is 0.500. The third kappa shape index (κ3) is 33.5. The van der Waals surface area contributed by atoms with Crippen LogP contribution in [0.25, 0.3) is 0 Å². The van der Waals surface area contributed by atoms with E-state index in [-0.39, 0.29) is 122 Å². The van der Waals surface area contributed by atoms with Gasteiger partial charge in [0.05, 0.1) is 40.4 Å². The van der Waals surface area contributed by atoms with Gasteiger partial charge >= 0.3 is 42.2 Å². The second-order valence-electron chi connectivity index (χ2n) is 35.1. The highest BCUT2D eigenvalue weighted by Gasteiger charge is 2.45. The molecule has 5 amide bonds. The summed E-state index contributed by atoms with van der Waals surface area (Å²) in [7, 11) is -7.15. The van der Waals surface area contributed by atoms with Crippen LogP contribution in [0, 0.1) is 26.7 Å². The van der Waals surface area contributed by atoms with Crippen LogP contribution in [0.1, 0.15) is 167 Å². The number of aryl methyl sites for hydroxylation is 3. The van der Waals surface area contributed by atoms with Gasteiger partial charge in [-0.15, -0.1) is 0 Å². The number of aliphatic hydroxyl groups is 1. The van der Waals surface area contributed by atoms with Gasteiger partial charge < -0.3 is 68.3 Å². The average molecular weight is 1880 g/mol. The standard InChI is InChI=1S/C33H45N3O9S.C32H42N2O9S.C29H39N3O8S/c1-7-9-29(37)43-21-20-35(6)32(40)44-25-15-13-24(14-16-25)22-27(31(39)45-33(3,4)5)34-30(38)28-10-8-19-36(28)46(41,42)26-17-11-23(2)12-18-26;1-23-8-14-28(15-9-23)44(39,40)34-16-6-7-29(34)30(37)20-26(21-32(3,4)42-22-35)19-25-10-12-27(13-11-25)43-31(38)33(5)17-18-41-24(2)36;1-20-8-14-23(15-9-20)41(37,38)32-16-6-7-25(32)26(34)30-24(27(35)40-29(2,3)4)19-21-10-12-22(13-11-21)39-28(36)31(5)17-18-33/h11-18,27-28H,7-10,19-22H2,1-6H3,(H,34,38);8-15,22,26,29H,6-7,16-21H2,1-5H3;8-15,24-25,33H,6-7,16-19H2,1-5H3,(H,30,34)/t27-,28-;26-,29+;24-,25-/m010/s1. The molecule has 3 saturated heterocycles. The molecule has 0 radical (unpaired) electrons. The number of likely N-dealkylation sites (N-methyl/N-ethyl adjacent to an activating group) is 3. The van der Waals surface area contributed by atoms with E-state index in [1.807, 2.05) is 27.7 Å². The highest BCUT2D eigenvalue weighted by molar-refractivity contribution is 7.89. The number of nitrogens with one attached hydrogen (secondary N) is 2. The first kappa shape index (κ1) is 107. The lowest BCUT2D eigenvalue weighted by Crippen LogP contribution is -2.52. The number of benzene rings is 6. The van der Waals surface area contributed by atoms with Crippen molar-refractivity contribution in [1.82, 2.24) is 38.2 Å². The Hall–Kier alpha value is -11.2. The molecule has 0 spiro atoms. The maximum absolute atomic E-state index is 13.7. The van der Waals surface area contributed by atoms with Crippen LogP contribution >= 0.6 is 0 Å². The second kappa shape index (κ2) is 48.8.